The summed E-state index contributed by atoms with van der Waals surface area (Å²) in [6.45, 7) is 1.89. The maximum Gasteiger partial charge on any atom is 0.189 e. The number of ether oxygens (including phenoxy) is 1. The fourth-order valence-corrected chi connectivity index (χ4v) is 2.11. The summed E-state index contributed by atoms with van der Waals surface area (Å²) in [5, 5.41) is 0.699. The molecular weight excluding hydrogens is 258 g/mol. The summed E-state index contributed by atoms with van der Waals surface area (Å²) in [7, 11) is 1.60. The highest BCUT2D eigenvalue weighted by Gasteiger charge is 2.10. The van der Waals surface area contributed by atoms with E-state index in [0.29, 0.717) is 5.39 Å². The van der Waals surface area contributed by atoms with E-state index in [0.717, 1.165) is 21.3 Å². The minimum absolute atomic E-state index is 0.0182. The van der Waals surface area contributed by atoms with Gasteiger partial charge in [0, 0.05) is 23.7 Å². The van der Waals surface area contributed by atoms with Crippen molar-refractivity contribution in [3.63, 3.8) is 0 Å². The van der Waals surface area contributed by atoms with Crippen LogP contribution in [0.1, 0.15) is 5.56 Å². The van der Waals surface area contributed by atoms with Gasteiger partial charge in [-0.3, -0.25) is 4.79 Å². The quantitative estimate of drug-likeness (QED) is 0.863. The van der Waals surface area contributed by atoms with E-state index in [4.69, 9.17) is 4.74 Å². The van der Waals surface area contributed by atoms with Crippen LogP contribution in [0.15, 0.2) is 27.6 Å². The van der Waals surface area contributed by atoms with Crippen molar-refractivity contribution in [2.24, 2.45) is 0 Å². The Hall–Kier alpha value is -1.29. The molecule has 0 unspecified atom stereocenters. The van der Waals surface area contributed by atoms with Crippen LogP contribution in [0, 0.1) is 6.92 Å². The number of benzene rings is 1. The Labute approximate surface area is 95.2 Å². The molecule has 0 fully saturated rings. The lowest BCUT2D eigenvalue weighted by molar-refractivity contribution is 0.412. The first-order chi connectivity index (χ1) is 7.15. The van der Waals surface area contributed by atoms with E-state index in [1.54, 1.807) is 13.3 Å². The van der Waals surface area contributed by atoms with Gasteiger partial charge in [0.25, 0.3) is 0 Å². The van der Waals surface area contributed by atoms with Gasteiger partial charge in [0.2, 0.25) is 0 Å². The molecule has 4 heteroatoms. The second-order valence-electron chi connectivity index (χ2n) is 3.28. The molecule has 1 aromatic carbocycles. The molecule has 0 spiro atoms. The van der Waals surface area contributed by atoms with Gasteiger partial charge in [0.05, 0.1) is 17.1 Å². The van der Waals surface area contributed by atoms with E-state index in [1.165, 1.54) is 6.07 Å². The number of aryl methyl sites for hydroxylation is 1. The van der Waals surface area contributed by atoms with Crippen LogP contribution in [0.5, 0.6) is 5.75 Å². The molecule has 78 valence electrons. The molecule has 3 nitrogen and oxygen atoms in total. The van der Waals surface area contributed by atoms with Gasteiger partial charge in [-0.25, -0.2) is 0 Å². The normalized spacial score (nSPS) is 10.6. The van der Waals surface area contributed by atoms with Crippen molar-refractivity contribution in [2.75, 3.05) is 7.11 Å². The van der Waals surface area contributed by atoms with Gasteiger partial charge in [-0.15, -0.1) is 0 Å². The maximum absolute atomic E-state index is 11.7. The predicted octanol–water partition coefficient (Wildman–Crippen LogP) is 2.61. The van der Waals surface area contributed by atoms with Crippen molar-refractivity contribution < 1.29 is 4.74 Å². The third kappa shape index (κ3) is 1.55. The lowest BCUT2D eigenvalue weighted by atomic mass is 10.1. The Bertz CT molecular complexity index is 575. The van der Waals surface area contributed by atoms with Crippen LogP contribution in [-0.4, -0.2) is 12.1 Å². The van der Waals surface area contributed by atoms with Gasteiger partial charge < -0.3 is 9.72 Å². The number of methoxy groups -OCH3 is 1. The van der Waals surface area contributed by atoms with E-state index >= 15 is 0 Å². The molecular formula is C11H10BrNO2. The SMILES string of the molecule is COc1cc2[nH]ccc(=O)c2c(C)c1Br. The first kappa shape index (κ1) is 10.2. The number of aromatic nitrogens is 1. The molecule has 0 saturated carbocycles. The highest BCUT2D eigenvalue weighted by atomic mass is 79.9. The average molecular weight is 268 g/mol. The monoisotopic (exact) mass is 267 g/mol. The second kappa shape index (κ2) is 3.70. The van der Waals surface area contributed by atoms with E-state index < -0.39 is 0 Å². The second-order valence-corrected chi connectivity index (χ2v) is 4.08. The molecule has 0 atom stereocenters. The molecule has 1 N–H and O–H groups in total. The molecule has 15 heavy (non-hydrogen) atoms. The van der Waals surface area contributed by atoms with E-state index in [1.807, 2.05) is 13.0 Å². The lowest BCUT2D eigenvalue weighted by Gasteiger charge is -2.08. The third-order valence-electron chi connectivity index (χ3n) is 2.41. The number of fused-ring (bicyclic) bond motifs is 1. The zero-order chi connectivity index (χ0) is 11.0. The summed E-state index contributed by atoms with van der Waals surface area (Å²) in [4.78, 5) is 14.7. The summed E-state index contributed by atoms with van der Waals surface area (Å²) in [6.07, 6.45) is 1.64. The summed E-state index contributed by atoms with van der Waals surface area (Å²) >= 11 is 3.42. The summed E-state index contributed by atoms with van der Waals surface area (Å²) < 4.78 is 6.03. The van der Waals surface area contributed by atoms with Crippen molar-refractivity contribution in [3.8, 4) is 5.75 Å². The van der Waals surface area contributed by atoms with Crippen LogP contribution in [0.25, 0.3) is 10.9 Å². The number of nitrogens with one attached hydrogen (secondary N) is 1. The molecule has 1 aromatic heterocycles. The van der Waals surface area contributed by atoms with Gasteiger partial charge in [-0.05, 0) is 28.4 Å². The van der Waals surface area contributed by atoms with E-state index in [-0.39, 0.29) is 5.43 Å². The highest BCUT2D eigenvalue weighted by Crippen LogP contribution is 2.32. The molecule has 0 aliphatic heterocycles. The Morgan fingerprint density at radius 2 is 2.20 bits per heavy atom. The molecule has 0 aliphatic rings. The minimum Gasteiger partial charge on any atom is -0.495 e. The predicted molar refractivity (Wildman–Crippen MR) is 63.6 cm³/mol. The standard InChI is InChI=1S/C11H10BrNO2/c1-6-10-7(13-4-3-8(10)14)5-9(15-2)11(6)12/h3-5H,1-2H3,(H,13,14). The summed E-state index contributed by atoms with van der Waals surface area (Å²) in [5.74, 6) is 0.724. The van der Waals surface area contributed by atoms with Crippen molar-refractivity contribution >= 4 is 26.8 Å². The van der Waals surface area contributed by atoms with Crippen molar-refractivity contribution in [2.45, 2.75) is 6.92 Å². The summed E-state index contributed by atoms with van der Waals surface area (Å²) in [5.41, 5.74) is 1.70. The average Bonchev–Trinajstić information content (AvgIpc) is 2.23. The van der Waals surface area contributed by atoms with Crippen LogP contribution in [0.3, 0.4) is 0 Å². The Balaban J connectivity index is 2.97. The van der Waals surface area contributed by atoms with Gasteiger partial charge in [0.1, 0.15) is 5.75 Å². The lowest BCUT2D eigenvalue weighted by Crippen LogP contribution is -2.03. The molecule has 0 aliphatic carbocycles. The molecule has 0 bridgehead atoms. The van der Waals surface area contributed by atoms with Crippen LogP contribution in [-0.2, 0) is 0 Å². The number of hydrogen-bond acceptors (Lipinski definition) is 2. The fourth-order valence-electron chi connectivity index (χ4n) is 1.63. The zero-order valence-corrected chi connectivity index (χ0v) is 10.0. The van der Waals surface area contributed by atoms with E-state index in [2.05, 4.69) is 20.9 Å². The first-order valence-corrected chi connectivity index (χ1v) is 5.29. The minimum atomic E-state index is 0.0182. The fraction of sp³-hybridized carbons (Fsp3) is 0.182. The van der Waals surface area contributed by atoms with Crippen molar-refractivity contribution in [1.29, 1.82) is 0 Å². The third-order valence-corrected chi connectivity index (χ3v) is 3.39. The largest absolute Gasteiger partial charge is 0.495 e. The number of pyridine rings is 1. The summed E-state index contributed by atoms with van der Waals surface area (Å²) in [6, 6.07) is 3.34. The van der Waals surface area contributed by atoms with Crippen LogP contribution >= 0.6 is 15.9 Å². The first-order valence-electron chi connectivity index (χ1n) is 4.49. The van der Waals surface area contributed by atoms with Gasteiger partial charge in [-0.2, -0.15) is 0 Å². The van der Waals surface area contributed by atoms with Gasteiger partial charge in [-0.1, -0.05) is 0 Å². The molecule has 0 amide bonds. The highest BCUT2D eigenvalue weighted by molar-refractivity contribution is 9.10. The zero-order valence-electron chi connectivity index (χ0n) is 8.43. The molecule has 2 aromatic rings. The number of halogens is 1. The van der Waals surface area contributed by atoms with Gasteiger partial charge >= 0.3 is 0 Å². The molecule has 0 radical (unpaired) electrons. The Morgan fingerprint density at radius 3 is 2.87 bits per heavy atom. The number of hydrogen-bond donors (Lipinski definition) is 1. The van der Waals surface area contributed by atoms with Gasteiger partial charge in [0.15, 0.2) is 5.43 Å². The van der Waals surface area contributed by atoms with Crippen LogP contribution < -0.4 is 10.2 Å². The number of rotatable bonds is 1. The molecule has 2 rings (SSSR count). The van der Waals surface area contributed by atoms with Crippen LogP contribution in [0.4, 0.5) is 0 Å². The number of H-pyrrole nitrogens is 1. The van der Waals surface area contributed by atoms with Crippen molar-refractivity contribution in [3.05, 3.63) is 38.6 Å². The topological polar surface area (TPSA) is 42.1 Å². The number of aromatic amines is 1. The maximum atomic E-state index is 11.7. The van der Waals surface area contributed by atoms with E-state index in [9.17, 15) is 4.79 Å². The Kier molecular flexibility index (Phi) is 2.52. The smallest absolute Gasteiger partial charge is 0.189 e. The van der Waals surface area contributed by atoms with Crippen molar-refractivity contribution in [1.82, 2.24) is 4.98 Å². The van der Waals surface area contributed by atoms with Crippen LogP contribution in [0.2, 0.25) is 0 Å². The Morgan fingerprint density at radius 1 is 1.47 bits per heavy atom. The molecule has 1 heterocycles. The molecule has 0 saturated heterocycles.